The molecule has 0 aromatic heterocycles. The molecular formula is C15H28ClN3O2. The van der Waals surface area contributed by atoms with Crippen LogP contribution in [-0.4, -0.2) is 72.1 Å². The highest BCUT2D eigenvalue weighted by atomic mass is 35.5. The van der Waals surface area contributed by atoms with Crippen molar-refractivity contribution >= 4 is 16.8 Å². The lowest BCUT2D eigenvalue weighted by Crippen LogP contribution is -2.38. The first kappa shape index (κ1) is 17.0. The van der Waals surface area contributed by atoms with Gasteiger partial charge in [0.1, 0.15) is 17.9 Å². The highest BCUT2D eigenvalue weighted by Gasteiger charge is 2.15. The first-order valence-corrected chi connectivity index (χ1v) is 8.59. The number of piperidine rings is 1. The molecule has 5 nitrogen and oxygen atoms in total. The van der Waals surface area contributed by atoms with Crippen molar-refractivity contribution in [1.82, 2.24) is 9.80 Å². The number of hydrogen-bond donors (Lipinski definition) is 1. The molecule has 0 bridgehead atoms. The Morgan fingerprint density at radius 2 is 1.67 bits per heavy atom. The first-order chi connectivity index (χ1) is 10.2. The van der Waals surface area contributed by atoms with Gasteiger partial charge in [0.2, 0.25) is 0 Å². The summed E-state index contributed by atoms with van der Waals surface area (Å²) in [4.78, 5) is 9.85. The van der Waals surface area contributed by atoms with Crippen molar-refractivity contribution in [3.05, 3.63) is 0 Å². The van der Waals surface area contributed by atoms with Crippen LogP contribution in [0, 0.1) is 0 Å². The molecule has 21 heavy (non-hydrogen) atoms. The number of hydrogen-bond acceptors (Lipinski definition) is 5. The molecule has 0 aromatic carbocycles. The van der Waals surface area contributed by atoms with E-state index in [1.54, 1.807) is 0 Å². The zero-order valence-electron chi connectivity index (χ0n) is 12.8. The van der Waals surface area contributed by atoms with E-state index in [1.807, 2.05) is 0 Å². The van der Waals surface area contributed by atoms with Crippen LogP contribution in [0.15, 0.2) is 5.16 Å². The fraction of sp³-hybridized carbons (Fsp3) is 0.933. The second kappa shape index (κ2) is 9.62. The third-order valence-electron chi connectivity index (χ3n) is 4.18. The molecule has 0 spiro atoms. The fourth-order valence-corrected chi connectivity index (χ4v) is 3.12. The van der Waals surface area contributed by atoms with Crippen LogP contribution in [-0.2, 0) is 4.84 Å². The minimum Gasteiger partial charge on any atom is -0.392 e. The van der Waals surface area contributed by atoms with Crippen LogP contribution in [0.5, 0.6) is 0 Å². The molecule has 0 amide bonds. The zero-order valence-corrected chi connectivity index (χ0v) is 13.6. The Bertz CT molecular complexity index is 316. The van der Waals surface area contributed by atoms with Crippen molar-refractivity contribution in [2.24, 2.45) is 5.16 Å². The number of β-amino-alcohol motifs (C(OH)–C–C–N with tert-alkyl or cyclic N) is 1. The molecular weight excluding hydrogens is 290 g/mol. The van der Waals surface area contributed by atoms with Gasteiger partial charge in [0.25, 0.3) is 0 Å². The summed E-state index contributed by atoms with van der Waals surface area (Å²) >= 11 is 6.04. The maximum atomic E-state index is 9.93. The van der Waals surface area contributed by atoms with Crippen molar-refractivity contribution in [3.8, 4) is 0 Å². The minimum absolute atomic E-state index is 0.219. The van der Waals surface area contributed by atoms with Crippen LogP contribution in [0.3, 0.4) is 0 Å². The van der Waals surface area contributed by atoms with Crippen molar-refractivity contribution < 1.29 is 9.94 Å². The molecule has 6 heteroatoms. The lowest BCUT2D eigenvalue weighted by Gasteiger charge is -2.27. The van der Waals surface area contributed by atoms with E-state index in [0.717, 1.165) is 26.1 Å². The molecule has 0 saturated carbocycles. The number of halogens is 1. The molecule has 2 saturated heterocycles. The smallest absolute Gasteiger partial charge is 0.146 e. The summed E-state index contributed by atoms with van der Waals surface area (Å²) < 4.78 is 0. The van der Waals surface area contributed by atoms with Gasteiger partial charge in [0.05, 0.1) is 0 Å². The molecule has 2 aliphatic heterocycles. The normalized spacial score (nSPS) is 23.4. The van der Waals surface area contributed by atoms with E-state index in [1.165, 1.54) is 45.2 Å². The van der Waals surface area contributed by atoms with Gasteiger partial charge in [-0.2, -0.15) is 0 Å². The number of rotatable bonds is 8. The maximum Gasteiger partial charge on any atom is 0.146 e. The van der Waals surface area contributed by atoms with E-state index in [2.05, 4.69) is 15.0 Å². The molecule has 2 aliphatic rings. The second-order valence-electron chi connectivity index (χ2n) is 6.08. The maximum absolute atomic E-state index is 9.93. The Balaban J connectivity index is 1.54. The Kier molecular flexibility index (Phi) is 7.78. The first-order valence-electron chi connectivity index (χ1n) is 8.21. The zero-order chi connectivity index (χ0) is 14.9. The van der Waals surface area contributed by atoms with Crippen LogP contribution in [0.2, 0.25) is 0 Å². The molecule has 122 valence electrons. The van der Waals surface area contributed by atoms with Gasteiger partial charge >= 0.3 is 0 Å². The van der Waals surface area contributed by atoms with Gasteiger partial charge < -0.3 is 19.7 Å². The average molecular weight is 318 g/mol. The van der Waals surface area contributed by atoms with Crippen LogP contribution in [0.25, 0.3) is 0 Å². The SMILES string of the molecule is OC(CON=C(Cl)CCN1CCCC1)CN1CCCCC1. The van der Waals surface area contributed by atoms with Gasteiger partial charge in [-0.1, -0.05) is 23.2 Å². The summed E-state index contributed by atoms with van der Waals surface area (Å²) in [6, 6.07) is 0. The molecule has 1 N–H and O–H groups in total. The van der Waals surface area contributed by atoms with Crippen LogP contribution in [0.1, 0.15) is 38.5 Å². The summed E-state index contributed by atoms with van der Waals surface area (Å²) in [7, 11) is 0. The van der Waals surface area contributed by atoms with Crippen molar-refractivity contribution in [3.63, 3.8) is 0 Å². The highest BCUT2D eigenvalue weighted by molar-refractivity contribution is 6.65. The topological polar surface area (TPSA) is 48.3 Å². The molecule has 0 aromatic rings. The van der Waals surface area contributed by atoms with E-state index in [4.69, 9.17) is 16.4 Å². The van der Waals surface area contributed by atoms with E-state index >= 15 is 0 Å². The molecule has 1 atom stereocenters. The van der Waals surface area contributed by atoms with Gasteiger partial charge in [0.15, 0.2) is 0 Å². The van der Waals surface area contributed by atoms with E-state index in [0.29, 0.717) is 11.7 Å². The third kappa shape index (κ3) is 6.96. The second-order valence-corrected chi connectivity index (χ2v) is 6.51. The number of aliphatic hydroxyl groups excluding tert-OH is 1. The highest BCUT2D eigenvalue weighted by Crippen LogP contribution is 2.10. The largest absolute Gasteiger partial charge is 0.392 e. The van der Waals surface area contributed by atoms with Crippen molar-refractivity contribution in [1.29, 1.82) is 0 Å². The predicted molar refractivity (Wildman–Crippen MR) is 85.8 cm³/mol. The predicted octanol–water partition coefficient (Wildman–Crippen LogP) is 1.89. The Morgan fingerprint density at radius 1 is 1.05 bits per heavy atom. The Labute approximate surface area is 132 Å². The van der Waals surface area contributed by atoms with Crippen LogP contribution >= 0.6 is 11.6 Å². The van der Waals surface area contributed by atoms with Gasteiger partial charge in [-0.05, 0) is 51.9 Å². The minimum atomic E-state index is -0.491. The average Bonchev–Trinajstić information content (AvgIpc) is 2.99. The monoisotopic (exact) mass is 317 g/mol. The number of oxime groups is 1. The third-order valence-corrected chi connectivity index (χ3v) is 4.44. The molecule has 0 aliphatic carbocycles. The lowest BCUT2D eigenvalue weighted by molar-refractivity contribution is 0.0159. The van der Waals surface area contributed by atoms with E-state index < -0.39 is 6.10 Å². The number of likely N-dealkylation sites (tertiary alicyclic amines) is 2. The van der Waals surface area contributed by atoms with Gasteiger partial charge in [-0.15, -0.1) is 0 Å². The quantitative estimate of drug-likeness (QED) is 0.548. The van der Waals surface area contributed by atoms with Crippen LogP contribution < -0.4 is 0 Å². The molecule has 1 unspecified atom stereocenters. The summed E-state index contributed by atoms with van der Waals surface area (Å²) in [6.45, 7) is 6.33. The van der Waals surface area contributed by atoms with Crippen molar-refractivity contribution in [2.45, 2.75) is 44.6 Å². The standard InChI is InChI=1S/C15H28ClN3O2/c16-15(6-11-18-7-4-5-8-18)17-21-13-14(20)12-19-9-2-1-3-10-19/h14,20H,1-13H2. The summed E-state index contributed by atoms with van der Waals surface area (Å²) in [5.41, 5.74) is 0. The van der Waals surface area contributed by atoms with Crippen LogP contribution in [0.4, 0.5) is 0 Å². The van der Waals surface area contributed by atoms with E-state index in [9.17, 15) is 5.11 Å². The Morgan fingerprint density at radius 3 is 2.38 bits per heavy atom. The number of nitrogens with zero attached hydrogens (tertiary/aromatic N) is 3. The van der Waals surface area contributed by atoms with E-state index in [-0.39, 0.29) is 6.61 Å². The fourth-order valence-electron chi connectivity index (χ4n) is 2.99. The Hall–Kier alpha value is -0.360. The molecule has 0 radical (unpaired) electrons. The molecule has 2 heterocycles. The van der Waals surface area contributed by atoms with Crippen molar-refractivity contribution in [2.75, 3.05) is 45.9 Å². The lowest BCUT2D eigenvalue weighted by atomic mass is 10.1. The molecule has 2 rings (SSSR count). The van der Waals surface area contributed by atoms with Gasteiger partial charge in [-0.25, -0.2) is 0 Å². The van der Waals surface area contributed by atoms with Gasteiger partial charge in [0, 0.05) is 19.5 Å². The number of aliphatic hydroxyl groups is 1. The van der Waals surface area contributed by atoms with Gasteiger partial charge in [-0.3, -0.25) is 0 Å². The molecule has 2 fully saturated rings. The summed E-state index contributed by atoms with van der Waals surface area (Å²) in [5, 5.41) is 14.3. The summed E-state index contributed by atoms with van der Waals surface area (Å²) in [5.74, 6) is 0. The summed E-state index contributed by atoms with van der Waals surface area (Å²) in [6.07, 6.45) is 6.57.